The number of nitrogens with zero attached hydrogens (tertiary/aromatic N) is 2. The minimum absolute atomic E-state index is 0.161. The summed E-state index contributed by atoms with van der Waals surface area (Å²) in [4.78, 5) is 3.76. The molecule has 2 rings (SSSR count). The lowest BCUT2D eigenvalue weighted by Gasteiger charge is -2.21. The number of aromatic nitrogens is 1. The SMILES string of the molecule is CC1(O)CCCN(S(=O)(=O)c2cnc(Cl)s2)CC1. The smallest absolute Gasteiger partial charge is 0.254 e. The minimum Gasteiger partial charge on any atom is -0.390 e. The van der Waals surface area contributed by atoms with Gasteiger partial charge in [-0.2, -0.15) is 4.31 Å². The molecule has 2 heterocycles. The Labute approximate surface area is 115 Å². The average Bonchev–Trinajstić information content (AvgIpc) is 2.61. The molecule has 1 aliphatic heterocycles. The van der Waals surface area contributed by atoms with Crippen molar-refractivity contribution < 1.29 is 13.5 Å². The maximum absolute atomic E-state index is 12.3. The monoisotopic (exact) mass is 310 g/mol. The number of rotatable bonds is 2. The first-order valence-corrected chi connectivity index (χ1v) is 8.29. The topological polar surface area (TPSA) is 70.5 Å². The molecule has 0 bridgehead atoms. The second kappa shape index (κ2) is 5.05. The van der Waals surface area contributed by atoms with Gasteiger partial charge in [-0.15, -0.1) is 0 Å². The van der Waals surface area contributed by atoms with Gasteiger partial charge in [0.25, 0.3) is 10.0 Å². The summed E-state index contributed by atoms with van der Waals surface area (Å²) < 4.78 is 26.4. The first-order chi connectivity index (χ1) is 8.31. The average molecular weight is 311 g/mol. The zero-order valence-corrected chi connectivity index (χ0v) is 12.4. The molecule has 1 aromatic heterocycles. The van der Waals surface area contributed by atoms with Crippen LogP contribution in [0.5, 0.6) is 0 Å². The molecule has 1 aliphatic rings. The summed E-state index contributed by atoms with van der Waals surface area (Å²) in [5.74, 6) is 0. The third kappa shape index (κ3) is 3.03. The molecule has 0 spiro atoms. The van der Waals surface area contributed by atoms with E-state index in [1.165, 1.54) is 10.5 Å². The molecule has 0 radical (unpaired) electrons. The Morgan fingerprint density at radius 2 is 2.22 bits per heavy atom. The van der Waals surface area contributed by atoms with Gasteiger partial charge in [-0.25, -0.2) is 13.4 Å². The Bertz CT molecular complexity index is 527. The van der Waals surface area contributed by atoms with E-state index in [1.807, 2.05) is 0 Å². The highest BCUT2D eigenvalue weighted by molar-refractivity contribution is 7.91. The lowest BCUT2D eigenvalue weighted by molar-refractivity contribution is 0.0465. The van der Waals surface area contributed by atoms with Crippen molar-refractivity contribution >= 4 is 33.0 Å². The van der Waals surface area contributed by atoms with Gasteiger partial charge in [-0.05, 0) is 26.2 Å². The van der Waals surface area contributed by atoms with Crippen molar-refractivity contribution in [2.24, 2.45) is 0 Å². The molecule has 102 valence electrons. The van der Waals surface area contributed by atoms with E-state index < -0.39 is 15.6 Å². The number of aliphatic hydroxyl groups is 1. The predicted octanol–water partition coefficient (Wildman–Crippen LogP) is 1.72. The first-order valence-electron chi connectivity index (χ1n) is 5.65. The van der Waals surface area contributed by atoms with Crippen LogP contribution in [0.15, 0.2) is 10.4 Å². The summed E-state index contributed by atoms with van der Waals surface area (Å²) in [5, 5.41) is 9.96. The zero-order valence-electron chi connectivity index (χ0n) is 9.97. The molecule has 1 N–H and O–H groups in total. The van der Waals surface area contributed by atoms with Gasteiger partial charge in [-0.3, -0.25) is 0 Å². The molecule has 0 aromatic carbocycles. The highest BCUT2D eigenvalue weighted by Crippen LogP contribution is 2.29. The summed E-state index contributed by atoms with van der Waals surface area (Å²) in [6, 6.07) is 0. The lowest BCUT2D eigenvalue weighted by atomic mass is 9.98. The quantitative estimate of drug-likeness (QED) is 0.903. The molecular formula is C10H15ClN2O3S2. The van der Waals surface area contributed by atoms with Gasteiger partial charge in [0.05, 0.1) is 11.8 Å². The van der Waals surface area contributed by atoms with Crippen LogP contribution in [0, 0.1) is 0 Å². The zero-order chi connectivity index (χ0) is 13.4. The fourth-order valence-corrected chi connectivity index (χ4v) is 4.89. The molecule has 18 heavy (non-hydrogen) atoms. The van der Waals surface area contributed by atoms with E-state index in [1.54, 1.807) is 6.92 Å². The molecule has 1 unspecified atom stereocenters. The van der Waals surface area contributed by atoms with Crippen LogP contribution in [-0.2, 0) is 10.0 Å². The number of sulfonamides is 1. The van der Waals surface area contributed by atoms with Gasteiger partial charge in [-0.1, -0.05) is 22.9 Å². The van der Waals surface area contributed by atoms with Gasteiger partial charge in [0.2, 0.25) is 0 Å². The van der Waals surface area contributed by atoms with E-state index >= 15 is 0 Å². The molecule has 1 aromatic rings. The fraction of sp³-hybridized carbons (Fsp3) is 0.700. The van der Waals surface area contributed by atoms with Crippen LogP contribution in [0.25, 0.3) is 0 Å². The Morgan fingerprint density at radius 3 is 2.83 bits per heavy atom. The number of hydrogen-bond donors (Lipinski definition) is 1. The van der Waals surface area contributed by atoms with Crippen LogP contribution in [0.4, 0.5) is 0 Å². The number of halogens is 1. The molecule has 0 amide bonds. The highest BCUT2D eigenvalue weighted by Gasteiger charge is 2.32. The van der Waals surface area contributed by atoms with Gasteiger partial charge < -0.3 is 5.11 Å². The van der Waals surface area contributed by atoms with Crippen LogP contribution in [0.2, 0.25) is 4.47 Å². The maximum atomic E-state index is 12.3. The van der Waals surface area contributed by atoms with E-state index in [4.69, 9.17) is 11.6 Å². The molecular weight excluding hydrogens is 296 g/mol. The summed E-state index contributed by atoms with van der Waals surface area (Å²) in [7, 11) is -3.52. The third-order valence-corrected chi connectivity index (χ3v) is 6.52. The number of hydrogen-bond acceptors (Lipinski definition) is 5. The second-order valence-corrected chi connectivity index (χ2v) is 8.46. The largest absolute Gasteiger partial charge is 0.390 e. The van der Waals surface area contributed by atoms with E-state index in [0.29, 0.717) is 32.4 Å². The van der Waals surface area contributed by atoms with Crippen LogP contribution < -0.4 is 0 Å². The van der Waals surface area contributed by atoms with Crippen LogP contribution in [0.3, 0.4) is 0 Å². The molecule has 1 atom stereocenters. The second-order valence-electron chi connectivity index (χ2n) is 4.69. The van der Waals surface area contributed by atoms with E-state index in [-0.39, 0.29) is 8.68 Å². The Morgan fingerprint density at radius 1 is 1.50 bits per heavy atom. The molecule has 1 fully saturated rings. The van der Waals surface area contributed by atoms with Gasteiger partial charge in [0.15, 0.2) is 8.68 Å². The van der Waals surface area contributed by atoms with Crippen molar-refractivity contribution in [2.45, 2.75) is 36.0 Å². The maximum Gasteiger partial charge on any atom is 0.254 e. The molecule has 0 aliphatic carbocycles. The number of thiazole rings is 1. The summed E-state index contributed by atoms with van der Waals surface area (Å²) in [6.45, 7) is 2.49. The Hall–Kier alpha value is -0.210. The minimum atomic E-state index is -3.52. The van der Waals surface area contributed by atoms with Crippen LogP contribution >= 0.6 is 22.9 Å². The van der Waals surface area contributed by atoms with E-state index in [0.717, 1.165) is 11.3 Å². The van der Waals surface area contributed by atoms with Crippen molar-refractivity contribution in [3.8, 4) is 0 Å². The summed E-state index contributed by atoms with van der Waals surface area (Å²) in [6.07, 6.45) is 2.99. The summed E-state index contributed by atoms with van der Waals surface area (Å²) >= 11 is 6.62. The lowest BCUT2D eigenvalue weighted by Crippen LogP contribution is -2.33. The van der Waals surface area contributed by atoms with Crippen molar-refractivity contribution in [1.82, 2.24) is 9.29 Å². The van der Waals surface area contributed by atoms with Gasteiger partial charge in [0, 0.05) is 13.1 Å². The van der Waals surface area contributed by atoms with Crippen LogP contribution in [-0.4, -0.2) is 41.5 Å². The Kier molecular flexibility index (Phi) is 3.99. The third-order valence-electron chi connectivity index (χ3n) is 3.07. The normalized spacial score (nSPS) is 27.1. The van der Waals surface area contributed by atoms with Crippen molar-refractivity contribution in [3.63, 3.8) is 0 Å². The van der Waals surface area contributed by atoms with E-state index in [2.05, 4.69) is 4.98 Å². The Balaban J connectivity index is 2.21. The van der Waals surface area contributed by atoms with Crippen molar-refractivity contribution in [1.29, 1.82) is 0 Å². The highest BCUT2D eigenvalue weighted by atomic mass is 35.5. The molecule has 0 saturated carbocycles. The van der Waals surface area contributed by atoms with Crippen LogP contribution in [0.1, 0.15) is 26.2 Å². The molecule has 1 saturated heterocycles. The fourth-order valence-electron chi connectivity index (χ4n) is 1.96. The van der Waals surface area contributed by atoms with E-state index in [9.17, 15) is 13.5 Å². The summed E-state index contributed by atoms with van der Waals surface area (Å²) in [5.41, 5.74) is -0.782. The predicted molar refractivity (Wildman–Crippen MR) is 70.4 cm³/mol. The van der Waals surface area contributed by atoms with Crippen molar-refractivity contribution in [3.05, 3.63) is 10.7 Å². The van der Waals surface area contributed by atoms with Crippen molar-refractivity contribution in [2.75, 3.05) is 13.1 Å². The van der Waals surface area contributed by atoms with Gasteiger partial charge >= 0.3 is 0 Å². The standard InChI is InChI=1S/C10H15ClN2O3S2/c1-10(14)3-2-5-13(6-4-10)18(15,16)8-7-12-9(11)17-8/h7,14H,2-6H2,1H3. The molecule has 5 nitrogen and oxygen atoms in total. The first kappa shape index (κ1) is 14.2. The molecule has 8 heteroatoms. The van der Waals surface area contributed by atoms with Gasteiger partial charge in [0.1, 0.15) is 0 Å².